The highest BCUT2D eigenvalue weighted by Gasteiger charge is 2.40. The first-order chi connectivity index (χ1) is 7.94. The van der Waals surface area contributed by atoms with Gasteiger partial charge in [0, 0.05) is 5.56 Å². The van der Waals surface area contributed by atoms with Gasteiger partial charge in [-0.05, 0) is 31.5 Å². The highest BCUT2D eigenvalue weighted by molar-refractivity contribution is 5.94. The molecule has 0 bridgehead atoms. The topological polar surface area (TPSA) is 17.1 Å². The van der Waals surface area contributed by atoms with Crippen LogP contribution in [0.3, 0.4) is 0 Å². The zero-order valence-electron chi connectivity index (χ0n) is 9.33. The van der Waals surface area contributed by atoms with Gasteiger partial charge in [-0.1, -0.05) is 0 Å². The molecular formula is C11H8F6O. The molecule has 7 heteroatoms. The Labute approximate surface area is 98.4 Å². The fourth-order valence-corrected chi connectivity index (χ4v) is 1.51. The lowest BCUT2D eigenvalue weighted by molar-refractivity contribution is -0.143. The standard InChI is InChI=1S/C11H8F6O/c1-5-8(10(12,13)14)3-7(6(2)18)4-9(5)11(15,16)17/h3-4H,1-2H3. The molecule has 1 aromatic rings. The van der Waals surface area contributed by atoms with Crippen LogP contribution in [0.15, 0.2) is 12.1 Å². The molecule has 0 fully saturated rings. The van der Waals surface area contributed by atoms with E-state index in [1.54, 1.807) is 0 Å². The number of ketones is 1. The number of Topliss-reactive ketones (excluding diaryl/α,β-unsaturated/α-hetero) is 1. The summed E-state index contributed by atoms with van der Waals surface area (Å²) < 4.78 is 75.5. The SMILES string of the molecule is CC(=O)c1cc(C(F)(F)F)c(C)c(C(F)(F)F)c1. The molecule has 0 aliphatic rings. The molecule has 1 aromatic carbocycles. The normalized spacial score (nSPS) is 12.7. The summed E-state index contributed by atoms with van der Waals surface area (Å²) in [5.41, 5.74) is -4.43. The molecule has 18 heavy (non-hydrogen) atoms. The molecule has 0 N–H and O–H groups in total. The first kappa shape index (κ1) is 14.5. The second kappa shape index (κ2) is 4.29. The van der Waals surface area contributed by atoms with Crippen LogP contribution in [-0.2, 0) is 12.4 Å². The molecule has 0 saturated carbocycles. The van der Waals surface area contributed by atoms with Crippen LogP contribution in [0.5, 0.6) is 0 Å². The highest BCUT2D eigenvalue weighted by atomic mass is 19.4. The van der Waals surface area contributed by atoms with Crippen molar-refractivity contribution in [1.29, 1.82) is 0 Å². The number of carbonyl (C=O) groups is 1. The number of halogens is 6. The number of benzene rings is 1. The summed E-state index contributed by atoms with van der Waals surface area (Å²) in [5, 5.41) is 0. The number of hydrogen-bond donors (Lipinski definition) is 0. The fourth-order valence-electron chi connectivity index (χ4n) is 1.51. The molecule has 0 aliphatic carbocycles. The monoisotopic (exact) mass is 270 g/mol. The summed E-state index contributed by atoms with van der Waals surface area (Å²) in [5.74, 6) is -0.856. The minimum absolute atomic E-state index is 0.437. The van der Waals surface area contributed by atoms with E-state index in [0.717, 1.165) is 13.8 Å². The van der Waals surface area contributed by atoms with Crippen molar-refractivity contribution in [3.05, 3.63) is 34.4 Å². The van der Waals surface area contributed by atoms with Crippen molar-refractivity contribution in [3.63, 3.8) is 0 Å². The Kier molecular flexibility index (Phi) is 3.47. The van der Waals surface area contributed by atoms with Crippen LogP contribution < -0.4 is 0 Å². The summed E-state index contributed by atoms with van der Waals surface area (Å²) in [7, 11) is 0. The first-order valence-electron chi connectivity index (χ1n) is 4.74. The molecule has 0 aliphatic heterocycles. The van der Waals surface area contributed by atoms with Crippen LogP contribution >= 0.6 is 0 Å². The largest absolute Gasteiger partial charge is 0.416 e. The van der Waals surface area contributed by atoms with E-state index in [4.69, 9.17) is 0 Å². The molecule has 1 rings (SSSR count). The quantitative estimate of drug-likeness (QED) is 0.551. The predicted octanol–water partition coefficient (Wildman–Crippen LogP) is 4.24. The lowest BCUT2D eigenvalue weighted by Gasteiger charge is -2.17. The van der Waals surface area contributed by atoms with Crippen molar-refractivity contribution in [2.24, 2.45) is 0 Å². The Balaban J connectivity index is 3.64. The molecular weight excluding hydrogens is 262 g/mol. The van der Waals surface area contributed by atoms with Crippen molar-refractivity contribution in [2.45, 2.75) is 26.2 Å². The zero-order chi connectivity index (χ0) is 14.3. The van der Waals surface area contributed by atoms with Crippen molar-refractivity contribution >= 4 is 5.78 Å². The van der Waals surface area contributed by atoms with Crippen LogP contribution in [0, 0.1) is 6.92 Å². The summed E-state index contributed by atoms with van der Waals surface area (Å²) >= 11 is 0. The number of rotatable bonds is 1. The van der Waals surface area contributed by atoms with E-state index < -0.39 is 40.4 Å². The predicted molar refractivity (Wildman–Crippen MR) is 51.2 cm³/mol. The summed E-state index contributed by atoms with van der Waals surface area (Å²) in [6, 6.07) is 0.875. The van der Waals surface area contributed by atoms with E-state index in [9.17, 15) is 31.1 Å². The molecule has 0 saturated heterocycles. The summed E-state index contributed by atoms with van der Waals surface area (Å²) in [6.07, 6.45) is -9.87. The van der Waals surface area contributed by atoms with Gasteiger partial charge in [0.1, 0.15) is 0 Å². The molecule has 0 unspecified atom stereocenters. The third-order valence-corrected chi connectivity index (χ3v) is 2.43. The Bertz CT molecular complexity index is 448. The molecule has 100 valence electrons. The Morgan fingerprint density at radius 1 is 0.944 bits per heavy atom. The summed E-state index contributed by atoms with van der Waals surface area (Å²) in [4.78, 5) is 11.0. The highest BCUT2D eigenvalue weighted by Crippen LogP contribution is 2.39. The van der Waals surface area contributed by atoms with E-state index in [1.165, 1.54) is 0 Å². The lowest BCUT2D eigenvalue weighted by Crippen LogP contribution is -2.16. The van der Waals surface area contributed by atoms with Gasteiger partial charge in [-0.25, -0.2) is 0 Å². The van der Waals surface area contributed by atoms with Crippen LogP contribution in [-0.4, -0.2) is 5.78 Å². The van der Waals surface area contributed by atoms with Gasteiger partial charge in [0.25, 0.3) is 0 Å². The third-order valence-electron chi connectivity index (χ3n) is 2.43. The molecule has 0 atom stereocenters. The van der Waals surface area contributed by atoms with Crippen LogP contribution in [0.1, 0.15) is 34.0 Å². The average Bonchev–Trinajstić information content (AvgIpc) is 2.13. The van der Waals surface area contributed by atoms with Crippen molar-refractivity contribution < 1.29 is 31.1 Å². The number of hydrogen-bond acceptors (Lipinski definition) is 1. The van der Waals surface area contributed by atoms with Gasteiger partial charge in [-0.15, -0.1) is 0 Å². The van der Waals surface area contributed by atoms with E-state index in [1.807, 2.05) is 0 Å². The second-order valence-corrected chi connectivity index (χ2v) is 3.75. The van der Waals surface area contributed by atoms with Crippen LogP contribution in [0.4, 0.5) is 26.3 Å². The van der Waals surface area contributed by atoms with Crippen molar-refractivity contribution in [2.75, 3.05) is 0 Å². The number of alkyl halides is 6. The zero-order valence-corrected chi connectivity index (χ0v) is 9.33. The minimum Gasteiger partial charge on any atom is -0.295 e. The maximum atomic E-state index is 12.6. The van der Waals surface area contributed by atoms with Crippen molar-refractivity contribution in [3.8, 4) is 0 Å². The molecule has 0 amide bonds. The van der Waals surface area contributed by atoms with E-state index in [-0.39, 0.29) is 0 Å². The average molecular weight is 270 g/mol. The van der Waals surface area contributed by atoms with Gasteiger partial charge in [0.05, 0.1) is 11.1 Å². The van der Waals surface area contributed by atoms with Gasteiger partial charge >= 0.3 is 12.4 Å². The second-order valence-electron chi connectivity index (χ2n) is 3.75. The maximum Gasteiger partial charge on any atom is 0.416 e. The van der Waals surface area contributed by atoms with Gasteiger partial charge < -0.3 is 0 Å². The maximum absolute atomic E-state index is 12.6. The Morgan fingerprint density at radius 3 is 1.50 bits per heavy atom. The van der Waals surface area contributed by atoms with Gasteiger partial charge in [0.15, 0.2) is 5.78 Å². The number of carbonyl (C=O) groups excluding carboxylic acids is 1. The smallest absolute Gasteiger partial charge is 0.295 e. The third kappa shape index (κ3) is 2.83. The van der Waals surface area contributed by atoms with E-state index >= 15 is 0 Å². The van der Waals surface area contributed by atoms with Crippen LogP contribution in [0.25, 0.3) is 0 Å². The Morgan fingerprint density at radius 2 is 1.28 bits per heavy atom. The van der Waals surface area contributed by atoms with Gasteiger partial charge in [-0.2, -0.15) is 26.3 Å². The molecule has 0 heterocycles. The fraction of sp³-hybridized carbons (Fsp3) is 0.364. The van der Waals surface area contributed by atoms with Crippen LogP contribution in [0.2, 0.25) is 0 Å². The van der Waals surface area contributed by atoms with Gasteiger partial charge in [0.2, 0.25) is 0 Å². The molecule has 0 spiro atoms. The Hall–Kier alpha value is -1.53. The lowest BCUT2D eigenvalue weighted by atomic mass is 9.96. The van der Waals surface area contributed by atoms with Crippen molar-refractivity contribution in [1.82, 2.24) is 0 Å². The molecule has 0 aromatic heterocycles. The molecule has 1 nitrogen and oxygen atoms in total. The summed E-state index contributed by atoms with van der Waals surface area (Å²) in [6.45, 7) is 1.64. The minimum atomic E-state index is -4.93. The van der Waals surface area contributed by atoms with E-state index in [2.05, 4.69) is 0 Å². The molecule has 0 radical (unpaired) electrons. The van der Waals surface area contributed by atoms with Gasteiger partial charge in [-0.3, -0.25) is 4.79 Å². The first-order valence-corrected chi connectivity index (χ1v) is 4.74. The van der Waals surface area contributed by atoms with E-state index in [0.29, 0.717) is 12.1 Å².